The van der Waals surface area contributed by atoms with Crippen LogP contribution in [-0.2, 0) is 25.6 Å². The molecule has 2 aliphatic rings. The zero-order chi connectivity index (χ0) is 16.5. The van der Waals surface area contributed by atoms with Crippen LogP contribution in [0.2, 0.25) is 0 Å². The molecule has 0 radical (unpaired) electrons. The Morgan fingerprint density at radius 3 is 2.70 bits per heavy atom. The largest absolute Gasteiger partial charge is 0.393 e. The fraction of sp³-hybridized carbons (Fsp3) is 0.556. The van der Waals surface area contributed by atoms with E-state index in [1.54, 1.807) is 13.8 Å². The van der Waals surface area contributed by atoms with Gasteiger partial charge in [0.1, 0.15) is 12.2 Å². The van der Waals surface area contributed by atoms with Crippen molar-refractivity contribution in [3.8, 4) is 12.3 Å². The van der Waals surface area contributed by atoms with Crippen LogP contribution >= 0.6 is 0 Å². The molecule has 0 saturated carbocycles. The van der Waals surface area contributed by atoms with E-state index >= 15 is 0 Å². The SMILES string of the molecule is C#C[C@@H]1O[C@H](COCc2ccccc2)[C@H]2OC(C)(C)O[C@@]12CO. The van der Waals surface area contributed by atoms with Gasteiger partial charge in [-0.3, -0.25) is 0 Å². The second kappa shape index (κ2) is 6.23. The van der Waals surface area contributed by atoms with Gasteiger partial charge < -0.3 is 24.1 Å². The molecule has 0 spiro atoms. The normalized spacial score (nSPS) is 35.0. The monoisotopic (exact) mass is 318 g/mol. The minimum absolute atomic E-state index is 0.259. The molecular weight excluding hydrogens is 296 g/mol. The second-order valence-electron chi connectivity index (χ2n) is 6.38. The number of aliphatic hydroxyl groups excluding tert-OH is 1. The average molecular weight is 318 g/mol. The van der Waals surface area contributed by atoms with Crippen molar-refractivity contribution in [1.82, 2.24) is 0 Å². The molecule has 0 unspecified atom stereocenters. The number of aliphatic hydroxyl groups is 1. The van der Waals surface area contributed by atoms with Crippen molar-refractivity contribution in [2.24, 2.45) is 0 Å². The molecule has 5 nitrogen and oxygen atoms in total. The van der Waals surface area contributed by atoms with Gasteiger partial charge in [-0.2, -0.15) is 0 Å². The van der Waals surface area contributed by atoms with Crippen LogP contribution in [0.25, 0.3) is 0 Å². The van der Waals surface area contributed by atoms with Gasteiger partial charge in [-0.25, -0.2) is 0 Å². The Kier molecular flexibility index (Phi) is 4.45. The Morgan fingerprint density at radius 1 is 1.30 bits per heavy atom. The highest BCUT2D eigenvalue weighted by molar-refractivity contribution is 5.19. The Balaban J connectivity index is 1.68. The van der Waals surface area contributed by atoms with E-state index in [1.807, 2.05) is 30.3 Å². The number of hydrogen-bond donors (Lipinski definition) is 1. The van der Waals surface area contributed by atoms with Gasteiger partial charge in [-0.1, -0.05) is 36.3 Å². The summed E-state index contributed by atoms with van der Waals surface area (Å²) in [6.07, 6.45) is 4.06. The van der Waals surface area contributed by atoms with Crippen LogP contribution in [0.3, 0.4) is 0 Å². The molecule has 2 fully saturated rings. The highest BCUT2D eigenvalue weighted by Crippen LogP contribution is 2.46. The standard InChI is InChI=1S/C18H22O5/c1-4-15-18(12-19)16(22-17(2,3)23-18)14(21-15)11-20-10-13-8-6-5-7-9-13/h1,5-9,14-16,19H,10-12H2,2-3H3/t14-,15+,16-,18+/m1/s1. The van der Waals surface area contributed by atoms with E-state index in [0.29, 0.717) is 13.2 Å². The first-order valence-electron chi connectivity index (χ1n) is 7.73. The van der Waals surface area contributed by atoms with Crippen LogP contribution in [0.15, 0.2) is 30.3 Å². The number of fused-ring (bicyclic) bond motifs is 1. The molecule has 23 heavy (non-hydrogen) atoms. The van der Waals surface area contributed by atoms with Gasteiger partial charge in [0.05, 0.1) is 19.8 Å². The zero-order valence-corrected chi connectivity index (χ0v) is 13.4. The number of ether oxygens (including phenoxy) is 4. The molecule has 5 heteroatoms. The summed E-state index contributed by atoms with van der Waals surface area (Å²) in [7, 11) is 0. The van der Waals surface area contributed by atoms with Gasteiger partial charge in [0.2, 0.25) is 0 Å². The van der Waals surface area contributed by atoms with Crippen LogP contribution in [0.1, 0.15) is 19.4 Å². The molecule has 0 aliphatic carbocycles. The lowest BCUT2D eigenvalue weighted by molar-refractivity contribution is -0.207. The summed E-state index contributed by atoms with van der Waals surface area (Å²) < 4.78 is 23.4. The third-order valence-corrected chi connectivity index (χ3v) is 4.21. The smallest absolute Gasteiger partial charge is 0.164 e. The van der Waals surface area contributed by atoms with Gasteiger partial charge in [0, 0.05) is 0 Å². The summed E-state index contributed by atoms with van der Waals surface area (Å²) in [6.45, 7) is 4.14. The van der Waals surface area contributed by atoms with E-state index in [9.17, 15) is 5.11 Å². The molecule has 1 N–H and O–H groups in total. The average Bonchev–Trinajstić information content (AvgIpc) is 2.97. The molecule has 2 heterocycles. The molecule has 0 aromatic heterocycles. The van der Waals surface area contributed by atoms with E-state index in [0.717, 1.165) is 5.56 Å². The predicted octanol–water partition coefficient (Wildman–Crippen LogP) is 1.49. The van der Waals surface area contributed by atoms with E-state index < -0.39 is 23.6 Å². The maximum atomic E-state index is 9.86. The summed E-state index contributed by atoms with van der Waals surface area (Å²) in [5.41, 5.74) is 0.0512. The van der Waals surface area contributed by atoms with Crippen molar-refractivity contribution < 1.29 is 24.1 Å². The molecule has 2 saturated heterocycles. The highest BCUT2D eigenvalue weighted by atomic mass is 16.8. The van der Waals surface area contributed by atoms with Crippen LogP contribution in [0, 0.1) is 12.3 Å². The summed E-state index contributed by atoms with van der Waals surface area (Å²) in [6, 6.07) is 9.88. The Bertz CT molecular complexity index is 579. The van der Waals surface area contributed by atoms with Crippen molar-refractivity contribution in [2.45, 2.75) is 50.2 Å². The van der Waals surface area contributed by atoms with Crippen molar-refractivity contribution >= 4 is 0 Å². The second-order valence-corrected chi connectivity index (χ2v) is 6.38. The first-order chi connectivity index (χ1) is 11.0. The molecule has 1 aromatic carbocycles. The van der Waals surface area contributed by atoms with Crippen LogP contribution in [-0.4, -0.2) is 48.0 Å². The fourth-order valence-electron chi connectivity index (χ4n) is 3.28. The Hall–Kier alpha value is -1.42. The first kappa shape index (κ1) is 16.4. The van der Waals surface area contributed by atoms with Crippen molar-refractivity contribution in [2.75, 3.05) is 13.2 Å². The lowest BCUT2D eigenvalue weighted by Crippen LogP contribution is -2.49. The third-order valence-electron chi connectivity index (χ3n) is 4.21. The fourth-order valence-corrected chi connectivity index (χ4v) is 3.28. The topological polar surface area (TPSA) is 57.2 Å². The maximum Gasteiger partial charge on any atom is 0.164 e. The third kappa shape index (κ3) is 3.01. The highest BCUT2D eigenvalue weighted by Gasteiger charge is 2.65. The van der Waals surface area contributed by atoms with Crippen LogP contribution in [0.5, 0.6) is 0 Å². The molecule has 4 atom stereocenters. The zero-order valence-electron chi connectivity index (χ0n) is 13.4. The van der Waals surface area contributed by atoms with Crippen LogP contribution < -0.4 is 0 Å². The van der Waals surface area contributed by atoms with Crippen LogP contribution in [0.4, 0.5) is 0 Å². The summed E-state index contributed by atoms with van der Waals surface area (Å²) in [5.74, 6) is 1.74. The lowest BCUT2D eigenvalue weighted by atomic mass is 9.92. The first-order valence-corrected chi connectivity index (χ1v) is 7.73. The van der Waals surface area contributed by atoms with Crippen molar-refractivity contribution in [1.29, 1.82) is 0 Å². The van der Waals surface area contributed by atoms with E-state index in [4.69, 9.17) is 25.4 Å². The molecule has 124 valence electrons. The minimum atomic E-state index is -1.03. The Morgan fingerprint density at radius 2 is 2.04 bits per heavy atom. The number of hydrogen-bond acceptors (Lipinski definition) is 5. The van der Waals surface area contributed by atoms with Crippen molar-refractivity contribution in [3.05, 3.63) is 35.9 Å². The predicted molar refractivity (Wildman–Crippen MR) is 83.4 cm³/mol. The summed E-state index contributed by atoms with van der Waals surface area (Å²) in [5, 5.41) is 9.86. The van der Waals surface area contributed by atoms with E-state index in [-0.39, 0.29) is 12.7 Å². The molecular formula is C18H22O5. The minimum Gasteiger partial charge on any atom is -0.393 e. The molecule has 3 rings (SSSR count). The van der Waals surface area contributed by atoms with Crippen molar-refractivity contribution in [3.63, 3.8) is 0 Å². The van der Waals surface area contributed by atoms with Gasteiger partial charge >= 0.3 is 0 Å². The number of benzene rings is 1. The summed E-state index contributed by atoms with van der Waals surface area (Å²) in [4.78, 5) is 0. The maximum absolute atomic E-state index is 9.86. The molecule has 1 aromatic rings. The van der Waals surface area contributed by atoms with E-state index in [1.165, 1.54) is 0 Å². The van der Waals surface area contributed by atoms with Gasteiger partial charge in [0.15, 0.2) is 17.5 Å². The molecule has 2 aliphatic heterocycles. The summed E-state index contributed by atoms with van der Waals surface area (Å²) >= 11 is 0. The van der Waals surface area contributed by atoms with Gasteiger partial charge in [-0.05, 0) is 19.4 Å². The van der Waals surface area contributed by atoms with Gasteiger partial charge in [-0.15, -0.1) is 6.42 Å². The Labute approximate surface area is 136 Å². The molecule has 0 amide bonds. The van der Waals surface area contributed by atoms with E-state index in [2.05, 4.69) is 5.92 Å². The quantitative estimate of drug-likeness (QED) is 0.834. The van der Waals surface area contributed by atoms with Gasteiger partial charge in [0.25, 0.3) is 0 Å². The number of rotatable bonds is 5. The number of terminal acetylenes is 1. The lowest BCUT2D eigenvalue weighted by Gasteiger charge is -2.28. The molecule has 0 bridgehead atoms.